The number of hydrogen-bond donors (Lipinski definition) is 0. The Bertz CT molecular complexity index is 949. The van der Waals surface area contributed by atoms with E-state index in [9.17, 15) is 9.18 Å². The predicted octanol–water partition coefficient (Wildman–Crippen LogP) is 4.95. The number of fused-ring (bicyclic) bond motifs is 1. The van der Waals surface area contributed by atoms with Crippen molar-refractivity contribution in [1.29, 1.82) is 0 Å². The van der Waals surface area contributed by atoms with E-state index in [0.717, 1.165) is 16.0 Å². The molecule has 0 atom stereocenters. The first kappa shape index (κ1) is 17.8. The SMILES string of the molecule is CCc1nc2scc(-c3ccc(C(C)(C)C)cc3)c2c(=O)n1CCF. The summed E-state index contributed by atoms with van der Waals surface area (Å²) in [6, 6.07) is 8.31. The summed E-state index contributed by atoms with van der Waals surface area (Å²) in [5, 5.41) is 2.57. The third kappa shape index (κ3) is 3.25. The summed E-state index contributed by atoms with van der Waals surface area (Å²) in [5.41, 5.74) is 3.07. The lowest BCUT2D eigenvalue weighted by atomic mass is 9.86. The van der Waals surface area contributed by atoms with Crippen molar-refractivity contribution >= 4 is 21.6 Å². The molecule has 0 amide bonds. The number of nitrogens with zero attached hydrogens (tertiary/aromatic N) is 2. The minimum absolute atomic E-state index is 0.0587. The third-order valence-electron chi connectivity index (χ3n) is 4.46. The quantitative estimate of drug-likeness (QED) is 0.661. The van der Waals surface area contributed by atoms with Gasteiger partial charge in [0.2, 0.25) is 0 Å². The van der Waals surface area contributed by atoms with E-state index in [1.165, 1.54) is 21.5 Å². The molecule has 5 heteroatoms. The molecule has 0 bridgehead atoms. The maximum atomic E-state index is 12.9. The molecule has 0 N–H and O–H groups in total. The normalized spacial score (nSPS) is 12.0. The molecule has 1 aromatic carbocycles. The molecule has 2 heterocycles. The molecule has 0 radical (unpaired) electrons. The van der Waals surface area contributed by atoms with Crippen LogP contribution in [0.3, 0.4) is 0 Å². The van der Waals surface area contributed by atoms with Crippen LogP contribution in [0, 0.1) is 0 Å². The van der Waals surface area contributed by atoms with Crippen LogP contribution in [0.5, 0.6) is 0 Å². The molecule has 2 aromatic heterocycles. The highest BCUT2D eigenvalue weighted by Gasteiger charge is 2.17. The van der Waals surface area contributed by atoms with Crippen molar-refractivity contribution in [1.82, 2.24) is 9.55 Å². The zero-order valence-electron chi connectivity index (χ0n) is 15.1. The molecule has 0 fully saturated rings. The molecule has 0 saturated carbocycles. The van der Waals surface area contributed by atoms with Gasteiger partial charge in [-0.25, -0.2) is 9.37 Å². The average molecular weight is 358 g/mol. The van der Waals surface area contributed by atoms with Crippen LogP contribution in [0.15, 0.2) is 34.4 Å². The molecular formula is C20H23FN2OS. The summed E-state index contributed by atoms with van der Waals surface area (Å²) in [5.74, 6) is 0.645. The van der Waals surface area contributed by atoms with Crippen LogP contribution in [0.4, 0.5) is 4.39 Å². The zero-order chi connectivity index (χ0) is 18.2. The van der Waals surface area contributed by atoms with Gasteiger partial charge in [-0.3, -0.25) is 9.36 Å². The van der Waals surface area contributed by atoms with E-state index in [-0.39, 0.29) is 17.5 Å². The Balaban J connectivity index is 2.18. The molecule has 0 spiro atoms. The van der Waals surface area contributed by atoms with E-state index in [2.05, 4.69) is 50.0 Å². The molecule has 3 nitrogen and oxygen atoms in total. The van der Waals surface area contributed by atoms with Gasteiger partial charge in [0.1, 0.15) is 17.3 Å². The van der Waals surface area contributed by atoms with Crippen molar-refractivity contribution in [2.45, 2.75) is 46.1 Å². The second-order valence-corrected chi connectivity index (χ2v) is 8.04. The van der Waals surface area contributed by atoms with Gasteiger partial charge in [0.25, 0.3) is 5.56 Å². The van der Waals surface area contributed by atoms with Gasteiger partial charge in [0.15, 0.2) is 0 Å². The molecule has 0 aliphatic carbocycles. The van der Waals surface area contributed by atoms with Crippen molar-refractivity contribution < 1.29 is 4.39 Å². The third-order valence-corrected chi connectivity index (χ3v) is 5.33. The maximum Gasteiger partial charge on any atom is 0.262 e. The maximum absolute atomic E-state index is 12.9. The highest BCUT2D eigenvalue weighted by atomic mass is 32.1. The largest absolute Gasteiger partial charge is 0.293 e. The first-order valence-corrected chi connectivity index (χ1v) is 9.42. The molecular weight excluding hydrogens is 335 g/mol. The minimum Gasteiger partial charge on any atom is -0.293 e. The summed E-state index contributed by atoms with van der Waals surface area (Å²) >= 11 is 1.47. The molecule has 25 heavy (non-hydrogen) atoms. The van der Waals surface area contributed by atoms with Gasteiger partial charge in [-0.2, -0.15) is 0 Å². The topological polar surface area (TPSA) is 34.9 Å². The number of hydrogen-bond acceptors (Lipinski definition) is 3. The number of benzene rings is 1. The molecule has 0 aliphatic heterocycles. The predicted molar refractivity (Wildman–Crippen MR) is 103 cm³/mol. The van der Waals surface area contributed by atoms with Crippen molar-refractivity contribution in [3.8, 4) is 11.1 Å². The fourth-order valence-electron chi connectivity index (χ4n) is 3.01. The molecule has 3 rings (SSSR count). The summed E-state index contributed by atoms with van der Waals surface area (Å²) < 4.78 is 14.4. The van der Waals surface area contributed by atoms with Gasteiger partial charge in [-0.05, 0) is 16.5 Å². The van der Waals surface area contributed by atoms with Crippen LogP contribution in [0.1, 0.15) is 39.1 Å². The Morgan fingerprint density at radius 2 is 1.88 bits per heavy atom. The van der Waals surface area contributed by atoms with Gasteiger partial charge in [0, 0.05) is 17.4 Å². The second-order valence-electron chi connectivity index (χ2n) is 7.18. The summed E-state index contributed by atoms with van der Waals surface area (Å²) in [6.07, 6.45) is 0.610. The second kappa shape index (κ2) is 6.71. The lowest BCUT2D eigenvalue weighted by Crippen LogP contribution is -2.25. The number of rotatable bonds is 4. The van der Waals surface area contributed by atoms with E-state index < -0.39 is 6.67 Å². The van der Waals surface area contributed by atoms with Crippen LogP contribution in [0.25, 0.3) is 21.3 Å². The van der Waals surface area contributed by atoms with Crippen LogP contribution in [0.2, 0.25) is 0 Å². The monoisotopic (exact) mass is 358 g/mol. The van der Waals surface area contributed by atoms with Crippen molar-refractivity contribution in [2.24, 2.45) is 0 Å². The van der Waals surface area contributed by atoms with E-state index in [1.54, 1.807) is 0 Å². The molecule has 3 aromatic rings. The van der Waals surface area contributed by atoms with Crippen LogP contribution in [-0.2, 0) is 18.4 Å². The highest BCUT2D eigenvalue weighted by Crippen LogP contribution is 2.32. The van der Waals surface area contributed by atoms with Crippen LogP contribution in [-0.4, -0.2) is 16.2 Å². The van der Waals surface area contributed by atoms with Gasteiger partial charge >= 0.3 is 0 Å². The van der Waals surface area contributed by atoms with E-state index in [4.69, 9.17) is 0 Å². The summed E-state index contributed by atoms with van der Waals surface area (Å²) in [4.78, 5) is 18.3. The first-order valence-electron chi connectivity index (χ1n) is 8.54. The van der Waals surface area contributed by atoms with Gasteiger partial charge in [0.05, 0.1) is 11.9 Å². The average Bonchev–Trinajstić information content (AvgIpc) is 3.00. The first-order chi connectivity index (χ1) is 11.9. The number of halogens is 1. The Hall–Kier alpha value is -2.01. The van der Waals surface area contributed by atoms with Gasteiger partial charge in [-0.15, -0.1) is 11.3 Å². The molecule has 132 valence electrons. The molecule has 0 unspecified atom stereocenters. The van der Waals surface area contributed by atoms with Crippen molar-refractivity contribution in [3.63, 3.8) is 0 Å². The Kier molecular flexibility index (Phi) is 4.78. The minimum atomic E-state index is -0.570. The van der Waals surface area contributed by atoms with E-state index in [1.807, 2.05) is 12.3 Å². The Morgan fingerprint density at radius 1 is 1.20 bits per heavy atom. The molecule has 0 aliphatic rings. The Labute approximate surface area is 151 Å². The smallest absolute Gasteiger partial charge is 0.262 e. The lowest BCUT2D eigenvalue weighted by molar-refractivity contribution is 0.432. The van der Waals surface area contributed by atoms with Gasteiger partial charge in [-0.1, -0.05) is 52.0 Å². The van der Waals surface area contributed by atoms with E-state index >= 15 is 0 Å². The standard InChI is InChI=1S/C20H23FN2OS/c1-5-16-22-18-17(19(24)23(16)11-10-21)15(12-25-18)13-6-8-14(9-7-13)20(2,3)4/h6-9,12H,5,10-11H2,1-4H3. The van der Waals surface area contributed by atoms with Crippen molar-refractivity contribution in [2.75, 3.05) is 6.67 Å². The fourth-order valence-corrected chi connectivity index (χ4v) is 3.97. The van der Waals surface area contributed by atoms with Gasteiger partial charge < -0.3 is 0 Å². The number of thiophene rings is 1. The Morgan fingerprint density at radius 3 is 2.44 bits per heavy atom. The zero-order valence-corrected chi connectivity index (χ0v) is 15.9. The summed E-state index contributed by atoms with van der Waals surface area (Å²) in [6.45, 7) is 7.95. The van der Waals surface area contributed by atoms with E-state index in [0.29, 0.717) is 17.6 Å². The number of aromatic nitrogens is 2. The lowest BCUT2D eigenvalue weighted by Gasteiger charge is -2.19. The van der Waals surface area contributed by atoms with Crippen LogP contribution < -0.4 is 5.56 Å². The summed E-state index contributed by atoms with van der Waals surface area (Å²) in [7, 11) is 0. The highest BCUT2D eigenvalue weighted by molar-refractivity contribution is 7.17. The fraction of sp³-hybridized carbons (Fsp3) is 0.400. The molecule has 0 saturated heterocycles. The van der Waals surface area contributed by atoms with Crippen LogP contribution >= 0.6 is 11.3 Å². The number of alkyl halides is 1. The van der Waals surface area contributed by atoms with Crippen molar-refractivity contribution in [3.05, 3.63) is 51.4 Å². The number of aryl methyl sites for hydroxylation is 1.